The molecule has 0 saturated heterocycles. The second-order valence-corrected chi connectivity index (χ2v) is 11.7. The van der Waals surface area contributed by atoms with Crippen molar-refractivity contribution < 1.29 is 43.4 Å². The first-order valence-electron chi connectivity index (χ1n) is 14.6. The Morgan fingerprint density at radius 3 is 2.29 bits per heavy atom. The van der Waals surface area contributed by atoms with Gasteiger partial charge in [-0.3, -0.25) is 14.1 Å². The molecule has 4 atom stereocenters. The predicted molar refractivity (Wildman–Crippen MR) is 146 cm³/mol. The van der Waals surface area contributed by atoms with Crippen LogP contribution in [0.3, 0.4) is 0 Å². The van der Waals surface area contributed by atoms with E-state index in [1.807, 2.05) is 6.08 Å². The zero-order valence-corrected chi connectivity index (χ0v) is 24.1. The molecule has 0 spiro atoms. The molecule has 0 radical (unpaired) electrons. The highest BCUT2D eigenvalue weighted by atomic mass is 31.2. The number of carbonyl (C=O) groups excluding carboxylic acids is 2. The van der Waals surface area contributed by atoms with Gasteiger partial charge in [0, 0.05) is 24.7 Å². The van der Waals surface area contributed by atoms with Gasteiger partial charge in [-0.25, -0.2) is 4.57 Å². The lowest BCUT2D eigenvalue weighted by molar-refractivity contribution is -0.143. The highest BCUT2D eigenvalue weighted by Crippen LogP contribution is 2.36. The van der Waals surface area contributed by atoms with Crippen LogP contribution in [0.25, 0.3) is 0 Å². The summed E-state index contributed by atoms with van der Waals surface area (Å²) < 4.78 is 20.2. The third-order valence-electron chi connectivity index (χ3n) is 7.10. The number of aliphatic hydroxyl groups excluding tert-OH is 2. The minimum absolute atomic E-state index is 0.0614. The van der Waals surface area contributed by atoms with E-state index in [0.717, 1.165) is 83.5 Å². The first kappa shape index (κ1) is 34.9. The molecule has 1 saturated carbocycles. The second-order valence-electron chi connectivity index (χ2n) is 10.5. The maximum Gasteiger partial charge on any atom is 0.469 e. The number of ketones is 1. The van der Waals surface area contributed by atoms with Crippen LogP contribution in [0.15, 0.2) is 12.2 Å². The van der Waals surface area contributed by atoms with E-state index < -0.39 is 20.0 Å². The van der Waals surface area contributed by atoms with E-state index in [4.69, 9.17) is 14.5 Å². The zero-order chi connectivity index (χ0) is 28.2. The lowest BCUT2D eigenvalue weighted by atomic mass is 9.88. The lowest BCUT2D eigenvalue weighted by Gasteiger charge is -2.18. The molecule has 0 aromatic carbocycles. The minimum Gasteiger partial charge on any atom is -0.466 e. The zero-order valence-electron chi connectivity index (χ0n) is 23.2. The second kappa shape index (κ2) is 20.8. The Hall–Kier alpha value is -1.09. The fourth-order valence-electron chi connectivity index (χ4n) is 4.89. The molecule has 1 fully saturated rings. The molecule has 1 rings (SSSR count). The average molecular weight is 563 g/mol. The largest absolute Gasteiger partial charge is 0.469 e. The topological polar surface area (TPSA) is 151 Å². The van der Waals surface area contributed by atoms with Crippen LogP contribution in [0.2, 0.25) is 0 Å². The van der Waals surface area contributed by atoms with E-state index in [1.54, 1.807) is 6.08 Å². The van der Waals surface area contributed by atoms with Crippen molar-refractivity contribution in [3.63, 3.8) is 0 Å². The lowest BCUT2D eigenvalue weighted by Crippen LogP contribution is -2.19. The highest BCUT2D eigenvalue weighted by Gasteiger charge is 2.39. The summed E-state index contributed by atoms with van der Waals surface area (Å²) in [6.45, 7) is 2.59. The van der Waals surface area contributed by atoms with E-state index in [2.05, 4.69) is 11.4 Å². The number of hydrogen-bond acceptors (Lipinski definition) is 7. The summed E-state index contributed by atoms with van der Waals surface area (Å²) in [6.07, 6.45) is 16.1. The molecule has 0 aliphatic heterocycles. The van der Waals surface area contributed by atoms with Crippen LogP contribution >= 0.6 is 7.82 Å². The minimum atomic E-state index is -4.36. The van der Waals surface area contributed by atoms with Crippen molar-refractivity contribution in [2.75, 3.05) is 13.2 Å². The molecule has 0 aromatic rings. The number of ether oxygens (including phenoxy) is 1. The number of carbonyl (C=O) groups is 2. The van der Waals surface area contributed by atoms with E-state index >= 15 is 0 Å². The van der Waals surface area contributed by atoms with Crippen molar-refractivity contribution in [2.24, 2.45) is 11.8 Å². The van der Waals surface area contributed by atoms with Crippen molar-refractivity contribution in [2.45, 2.75) is 128 Å². The van der Waals surface area contributed by atoms with Crippen LogP contribution in [0.5, 0.6) is 0 Å². The molecule has 1 aliphatic rings. The Bertz CT molecular complexity index is 721. The fourth-order valence-corrected chi connectivity index (χ4v) is 5.26. The molecular formula is C28H51O9P. The summed E-state index contributed by atoms with van der Waals surface area (Å²) in [4.78, 5) is 41.5. The summed E-state index contributed by atoms with van der Waals surface area (Å²) in [6, 6.07) is 0. The van der Waals surface area contributed by atoms with Gasteiger partial charge in [0.2, 0.25) is 0 Å². The van der Waals surface area contributed by atoms with Gasteiger partial charge < -0.3 is 24.7 Å². The highest BCUT2D eigenvalue weighted by molar-refractivity contribution is 7.46. The predicted octanol–water partition coefficient (Wildman–Crippen LogP) is 5.38. The van der Waals surface area contributed by atoms with Gasteiger partial charge >= 0.3 is 13.8 Å². The van der Waals surface area contributed by atoms with Crippen LogP contribution in [0.1, 0.15) is 116 Å². The van der Waals surface area contributed by atoms with Gasteiger partial charge in [0.15, 0.2) is 0 Å². The number of esters is 1. The summed E-state index contributed by atoms with van der Waals surface area (Å²) in [5.41, 5.74) is 0. The monoisotopic (exact) mass is 562 g/mol. The van der Waals surface area contributed by atoms with Crippen LogP contribution < -0.4 is 0 Å². The Labute approximate surface area is 228 Å². The quantitative estimate of drug-likeness (QED) is 0.0556. The molecular weight excluding hydrogens is 511 g/mol. The van der Waals surface area contributed by atoms with E-state index in [0.29, 0.717) is 25.9 Å². The Morgan fingerprint density at radius 2 is 1.61 bits per heavy atom. The first-order valence-corrected chi connectivity index (χ1v) is 16.1. The summed E-state index contributed by atoms with van der Waals surface area (Å²) in [5.74, 6) is -0.497. The smallest absolute Gasteiger partial charge is 0.466 e. The number of rotatable bonds is 23. The van der Waals surface area contributed by atoms with Crippen LogP contribution in [0, 0.1) is 11.8 Å². The van der Waals surface area contributed by atoms with Gasteiger partial charge in [-0.1, -0.05) is 83.3 Å². The summed E-state index contributed by atoms with van der Waals surface area (Å²) in [5, 5.41) is 20.4. The number of unbranched alkanes of at least 4 members (excludes halogenated alkanes) is 10. The molecule has 0 unspecified atom stereocenters. The molecule has 4 N–H and O–H groups in total. The van der Waals surface area contributed by atoms with Crippen LogP contribution in [-0.4, -0.2) is 57.2 Å². The molecule has 0 heterocycles. The fraction of sp³-hybridized carbons (Fsp3) is 0.857. The maximum atomic E-state index is 12.4. The number of Topliss-reactive ketones (excluding diaryl/α,β-unsaturated/α-hetero) is 1. The average Bonchev–Trinajstić information content (AvgIpc) is 3.12. The molecule has 9 nitrogen and oxygen atoms in total. The van der Waals surface area contributed by atoms with Gasteiger partial charge in [0.1, 0.15) is 5.78 Å². The Morgan fingerprint density at radius 1 is 0.974 bits per heavy atom. The standard InChI is InChI=1S/C28H51O9P/c1-2-3-10-15-23(29)18-19-25-24(26(30)22-27(25)31)16-11-6-7-12-17-28(32)36-20-13-8-4-5-9-14-21-37-38(33,34)35/h18-19,23-25,27,29,31H,2-17,20-22H2,1H3,(H2,33,34,35)/b19-18+/t23-,24+,25+,27+/m0/s1. The van der Waals surface area contributed by atoms with Gasteiger partial charge in [0.05, 0.1) is 25.4 Å². The Balaban J connectivity index is 2.06. The van der Waals surface area contributed by atoms with Gasteiger partial charge in [0.25, 0.3) is 0 Å². The number of aliphatic hydroxyl groups is 2. The van der Waals surface area contributed by atoms with Gasteiger partial charge in [-0.2, -0.15) is 0 Å². The Kier molecular flexibility index (Phi) is 19.1. The molecule has 0 amide bonds. The molecule has 0 bridgehead atoms. The molecule has 222 valence electrons. The molecule has 1 aliphatic carbocycles. The number of phosphoric acid groups is 1. The van der Waals surface area contributed by atoms with Gasteiger partial charge in [-0.05, 0) is 32.1 Å². The summed E-state index contributed by atoms with van der Waals surface area (Å²) >= 11 is 0. The van der Waals surface area contributed by atoms with Crippen molar-refractivity contribution in [1.29, 1.82) is 0 Å². The third kappa shape index (κ3) is 17.5. The van der Waals surface area contributed by atoms with E-state index in [9.17, 15) is 24.4 Å². The van der Waals surface area contributed by atoms with Crippen LogP contribution in [0.4, 0.5) is 0 Å². The van der Waals surface area contributed by atoms with Crippen molar-refractivity contribution in [3.8, 4) is 0 Å². The number of hydrogen-bond donors (Lipinski definition) is 4. The SMILES string of the molecule is CCCCC[C@H](O)/C=C/[C@H]1[C@H](O)CC(=O)[C@@H]1CCCCCCC(=O)OCCCCCCCCOP(=O)(O)O. The molecule has 10 heteroatoms. The van der Waals surface area contributed by atoms with Crippen LogP contribution in [-0.2, 0) is 23.4 Å². The first-order chi connectivity index (χ1) is 18.1. The third-order valence-corrected chi connectivity index (χ3v) is 7.62. The molecule has 38 heavy (non-hydrogen) atoms. The van der Waals surface area contributed by atoms with Crippen molar-refractivity contribution in [3.05, 3.63) is 12.2 Å². The van der Waals surface area contributed by atoms with E-state index in [1.165, 1.54) is 0 Å². The normalized spacial score (nSPS) is 20.9. The van der Waals surface area contributed by atoms with E-state index in [-0.39, 0.29) is 36.6 Å². The maximum absolute atomic E-state index is 12.4. The molecule has 0 aromatic heterocycles. The van der Waals surface area contributed by atoms with Crippen molar-refractivity contribution >= 4 is 19.6 Å². The van der Waals surface area contributed by atoms with Gasteiger partial charge in [-0.15, -0.1) is 0 Å². The van der Waals surface area contributed by atoms with Crippen molar-refractivity contribution in [1.82, 2.24) is 0 Å². The number of phosphoric ester groups is 1. The summed E-state index contributed by atoms with van der Waals surface area (Å²) in [7, 11) is -4.36.